The van der Waals surface area contributed by atoms with E-state index >= 15 is 0 Å². The first-order valence-corrected chi connectivity index (χ1v) is 20.0. The van der Waals surface area contributed by atoms with Gasteiger partial charge in [-0.2, -0.15) is 0 Å². The molecule has 15 nitrogen and oxygen atoms in total. The van der Waals surface area contributed by atoms with Gasteiger partial charge in [-0.3, -0.25) is 9.59 Å². The molecule has 8 rings (SSSR count). The van der Waals surface area contributed by atoms with Crippen molar-refractivity contribution in [2.24, 2.45) is 5.92 Å². The van der Waals surface area contributed by atoms with Crippen LogP contribution >= 0.6 is 0 Å². The summed E-state index contributed by atoms with van der Waals surface area (Å²) in [5.74, 6) is 1.72. The molecule has 304 valence electrons. The van der Waals surface area contributed by atoms with Crippen LogP contribution in [-0.4, -0.2) is 92.1 Å². The van der Waals surface area contributed by atoms with E-state index in [1.165, 1.54) is 14.2 Å². The zero-order chi connectivity index (χ0) is 41.0. The molecule has 0 radical (unpaired) electrons. The molecule has 2 saturated heterocycles. The van der Waals surface area contributed by atoms with Crippen molar-refractivity contribution in [1.29, 1.82) is 0 Å². The number of amides is 4. The quantitative estimate of drug-likeness (QED) is 0.130. The van der Waals surface area contributed by atoms with Crippen molar-refractivity contribution in [3.05, 3.63) is 65.9 Å². The molecular formula is C43H50N8O7. The molecule has 1 unspecified atom stereocenters. The fraction of sp³-hybridized carbons (Fsp3) is 0.442. The van der Waals surface area contributed by atoms with E-state index in [4.69, 9.17) is 24.2 Å². The van der Waals surface area contributed by atoms with Crippen molar-refractivity contribution in [2.45, 2.75) is 103 Å². The average molecular weight is 791 g/mol. The second kappa shape index (κ2) is 15.3. The predicted molar refractivity (Wildman–Crippen MR) is 217 cm³/mol. The van der Waals surface area contributed by atoms with Crippen LogP contribution in [0.1, 0.15) is 89.6 Å². The van der Waals surface area contributed by atoms with Gasteiger partial charge < -0.3 is 44.6 Å². The second-order valence-corrected chi connectivity index (χ2v) is 16.1. The summed E-state index contributed by atoms with van der Waals surface area (Å²) in [6, 6.07) is 12.6. The summed E-state index contributed by atoms with van der Waals surface area (Å²) in [5, 5.41) is 7.28. The molecule has 4 N–H and O–H groups in total. The van der Waals surface area contributed by atoms with Crippen LogP contribution in [0.4, 0.5) is 9.59 Å². The normalized spacial score (nSPS) is 21.0. The molecule has 58 heavy (non-hydrogen) atoms. The monoisotopic (exact) mass is 790 g/mol. The number of aromatic nitrogens is 4. The van der Waals surface area contributed by atoms with Gasteiger partial charge in [0.05, 0.1) is 49.2 Å². The number of carbonyl (C=O) groups excluding carboxylic acids is 4. The second-order valence-electron chi connectivity index (χ2n) is 16.1. The fourth-order valence-corrected chi connectivity index (χ4v) is 8.91. The first-order chi connectivity index (χ1) is 27.9. The number of nitrogens with zero attached hydrogens (tertiary/aromatic N) is 4. The molecular weight excluding hydrogens is 741 g/mol. The molecule has 2 aromatic heterocycles. The van der Waals surface area contributed by atoms with Crippen molar-refractivity contribution in [3.63, 3.8) is 0 Å². The minimum atomic E-state index is -0.744. The number of likely N-dealkylation sites (tertiary alicyclic amines) is 2. The number of rotatable bonds is 8. The molecule has 0 aliphatic carbocycles. The molecule has 6 atom stereocenters. The maximum Gasteiger partial charge on any atom is 0.407 e. The highest BCUT2D eigenvalue weighted by Gasteiger charge is 2.42. The summed E-state index contributed by atoms with van der Waals surface area (Å²) in [7, 11) is 2.57. The highest BCUT2D eigenvalue weighted by atomic mass is 16.5. The van der Waals surface area contributed by atoms with Crippen LogP contribution in [-0.2, 0) is 25.7 Å². The first kappa shape index (κ1) is 38.7. The van der Waals surface area contributed by atoms with Gasteiger partial charge in [0, 0.05) is 23.0 Å². The van der Waals surface area contributed by atoms with Gasteiger partial charge >= 0.3 is 12.2 Å². The van der Waals surface area contributed by atoms with E-state index in [1.807, 2.05) is 49.8 Å². The lowest BCUT2D eigenvalue weighted by Gasteiger charge is -2.32. The van der Waals surface area contributed by atoms with E-state index in [0.29, 0.717) is 18.3 Å². The third-order valence-electron chi connectivity index (χ3n) is 12.0. The number of ether oxygens (including phenoxy) is 3. The SMILES string of the molecule is COC(=O)NC(C)C(=O)N1[C@@H](C)CC[C@H]1c1nc2c(ccc3cc4c(cc32)OCc2cc(-c3cnc([C@@H]5CC[C@H](C)N5C(=O)[C@@H](NC(=O)OC)C(C)C)[nH]3)ccc2-4)[nH]1. The minimum Gasteiger partial charge on any atom is -0.488 e. The van der Waals surface area contributed by atoms with Crippen LogP contribution in [0.2, 0.25) is 0 Å². The van der Waals surface area contributed by atoms with E-state index in [2.05, 4.69) is 57.0 Å². The highest BCUT2D eigenvalue weighted by Crippen LogP contribution is 2.44. The third-order valence-corrected chi connectivity index (χ3v) is 12.0. The Bertz CT molecular complexity index is 2420. The van der Waals surface area contributed by atoms with Crippen LogP contribution in [0.15, 0.2) is 48.7 Å². The average Bonchev–Trinajstić information content (AvgIpc) is 4.04. The van der Waals surface area contributed by atoms with Gasteiger partial charge in [0.2, 0.25) is 11.8 Å². The standard InChI is InChI=1S/C43H50N8O7/c1-21(2)36(49-43(55)57-7)41(53)51-23(4)8-14-33(51)38-44-19-32(47-38)26-10-12-28-27(16-26)20-58-35-18-29-25(17-30(28)35)11-13-31-37(29)48-39(46-31)34-15-9-22(3)50(34)40(52)24(5)45-42(54)56-6/h10-13,16-19,21-24,33-34,36H,8-9,14-15,20H2,1-7H3,(H,44,47)(H,45,54)(H,46,48)(H,49,55)/t22-,23-,24?,33-,34-,36-/m0/s1. The number of hydrogen-bond donors (Lipinski definition) is 4. The van der Waals surface area contributed by atoms with Gasteiger partial charge in [0.25, 0.3) is 0 Å². The Labute approximate surface area is 336 Å². The van der Waals surface area contributed by atoms with Gasteiger partial charge in [0.1, 0.15) is 36.1 Å². The number of nitrogens with one attached hydrogen (secondary N) is 4. The van der Waals surface area contributed by atoms with Gasteiger partial charge in [-0.15, -0.1) is 0 Å². The van der Waals surface area contributed by atoms with Crippen molar-refractivity contribution in [1.82, 2.24) is 40.4 Å². The topological polar surface area (TPSA) is 184 Å². The van der Waals surface area contributed by atoms with Gasteiger partial charge in [-0.25, -0.2) is 19.6 Å². The fourth-order valence-electron chi connectivity index (χ4n) is 8.91. The molecule has 0 bridgehead atoms. The van der Waals surface area contributed by atoms with Crippen LogP contribution in [0.25, 0.3) is 44.2 Å². The van der Waals surface area contributed by atoms with Gasteiger partial charge in [-0.1, -0.05) is 32.0 Å². The molecule has 3 aromatic carbocycles. The number of fused-ring (bicyclic) bond motifs is 6. The molecule has 2 fully saturated rings. The van der Waals surface area contributed by atoms with Gasteiger partial charge in [0.15, 0.2) is 0 Å². The molecule has 0 spiro atoms. The maximum atomic E-state index is 13.8. The Morgan fingerprint density at radius 3 is 2.21 bits per heavy atom. The number of benzene rings is 3. The zero-order valence-corrected chi connectivity index (χ0v) is 33.8. The van der Waals surface area contributed by atoms with Crippen LogP contribution in [0.3, 0.4) is 0 Å². The Morgan fingerprint density at radius 2 is 1.50 bits per heavy atom. The third kappa shape index (κ3) is 6.85. The number of imidazole rings is 2. The lowest BCUT2D eigenvalue weighted by Crippen LogP contribution is -2.52. The Hall–Kier alpha value is -6.12. The summed E-state index contributed by atoms with van der Waals surface area (Å²) in [5.41, 5.74) is 6.58. The van der Waals surface area contributed by atoms with Crippen molar-refractivity contribution in [3.8, 4) is 28.1 Å². The van der Waals surface area contributed by atoms with E-state index in [-0.39, 0.29) is 41.9 Å². The van der Waals surface area contributed by atoms with E-state index in [0.717, 1.165) is 81.2 Å². The summed E-state index contributed by atoms with van der Waals surface area (Å²) in [6.45, 7) is 9.90. The minimum absolute atomic E-state index is 0.0146. The lowest BCUT2D eigenvalue weighted by molar-refractivity contribution is -0.137. The molecule has 15 heteroatoms. The summed E-state index contributed by atoms with van der Waals surface area (Å²) >= 11 is 0. The predicted octanol–water partition coefficient (Wildman–Crippen LogP) is 6.89. The van der Waals surface area contributed by atoms with Crippen LogP contribution < -0.4 is 15.4 Å². The van der Waals surface area contributed by atoms with Crippen molar-refractivity contribution in [2.75, 3.05) is 14.2 Å². The molecule has 3 aliphatic heterocycles. The molecule has 3 aliphatic rings. The van der Waals surface area contributed by atoms with Crippen molar-refractivity contribution >= 4 is 45.8 Å². The highest BCUT2D eigenvalue weighted by molar-refractivity contribution is 6.07. The van der Waals surface area contributed by atoms with Gasteiger partial charge in [-0.05, 0) is 98.7 Å². The summed E-state index contributed by atoms with van der Waals surface area (Å²) in [6.07, 6.45) is 3.68. The Morgan fingerprint density at radius 1 is 0.810 bits per heavy atom. The number of hydrogen-bond acceptors (Lipinski definition) is 9. The Kier molecular flexibility index (Phi) is 10.2. The number of alkyl carbamates (subject to hydrolysis) is 2. The van der Waals surface area contributed by atoms with Crippen molar-refractivity contribution < 1.29 is 33.4 Å². The molecule has 5 aromatic rings. The largest absolute Gasteiger partial charge is 0.488 e. The van der Waals surface area contributed by atoms with Crippen LogP contribution in [0.5, 0.6) is 5.75 Å². The van der Waals surface area contributed by atoms with E-state index in [9.17, 15) is 19.2 Å². The number of aromatic amines is 2. The number of H-pyrrole nitrogens is 2. The first-order valence-electron chi connectivity index (χ1n) is 20.0. The molecule has 5 heterocycles. The maximum absolute atomic E-state index is 13.8. The molecule has 4 amide bonds. The Balaban J connectivity index is 1.04. The zero-order valence-electron chi connectivity index (χ0n) is 33.8. The summed E-state index contributed by atoms with van der Waals surface area (Å²) in [4.78, 5) is 71.8. The van der Waals surface area contributed by atoms with Crippen LogP contribution in [0, 0.1) is 5.92 Å². The summed E-state index contributed by atoms with van der Waals surface area (Å²) < 4.78 is 15.9. The smallest absolute Gasteiger partial charge is 0.407 e. The number of carbonyl (C=O) groups is 4. The van der Waals surface area contributed by atoms with E-state index < -0.39 is 24.3 Å². The number of methoxy groups -OCH3 is 2. The van der Waals surface area contributed by atoms with E-state index in [1.54, 1.807) is 6.92 Å². The molecule has 0 saturated carbocycles. The lowest BCUT2D eigenvalue weighted by atomic mass is 9.92.